The zero-order valence-electron chi connectivity index (χ0n) is 9.98. The summed E-state index contributed by atoms with van der Waals surface area (Å²) in [5.74, 6) is 0.481. The molecule has 0 fully saturated rings. The van der Waals surface area contributed by atoms with Gasteiger partial charge in [-0.3, -0.25) is 0 Å². The van der Waals surface area contributed by atoms with Gasteiger partial charge in [-0.05, 0) is 18.1 Å². The number of anilines is 1. The summed E-state index contributed by atoms with van der Waals surface area (Å²) < 4.78 is 0. The van der Waals surface area contributed by atoms with Gasteiger partial charge in [-0.1, -0.05) is 24.3 Å². The first-order valence-corrected chi connectivity index (χ1v) is 6.88. The molecule has 0 saturated heterocycles. The van der Waals surface area contributed by atoms with Gasteiger partial charge in [0.1, 0.15) is 0 Å². The third-order valence-corrected chi connectivity index (χ3v) is 3.95. The quantitative estimate of drug-likeness (QED) is 0.782. The van der Waals surface area contributed by atoms with Crippen molar-refractivity contribution in [1.29, 1.82) is 0 Å². The summed E-state index contributed by atoms with van der Waals surface area (Å²) in [6, 6.07) is 8.42. The maximum Gasteiger partial charge on any atom is 0.185 e. The zero-order valence-corrected chi connectivity index (χ0v) is 11.6. The fourth-order valence-electron chi connectivity index (χ4n) is 1.64. The highest BCUT2D eigenvalue weighted by Gasteiger charge is 2.08. The van der Waals surface area contributed by atoms with E-state index < -0.39 is 0 Å². The highest BCUT2D eigenvalue weighted by Crippen LogP contribution is 2.22. The number of halogens is 1. The van der Waals surface area contributed by atoms with Crippen LogP contribution in [0.2, 0.25) is 0 Å². The molecule has 2 aromatic rings. The van der Waals surface area contributed by atoms with Crippen molar-refractivity contribution in [2.75, 3.05) is 11.9 Å². The number of benzene rings is 1. The molecule has 0 N–H and O–H groups in total. The molecule has 0 amide bonds. The van der Waals surface area contributed by atoms with Crippen LogP contribution in [-0.2, 0) is 12.4 Å². The van der Waals surface area contributed by atoms with Gasteiger partial charge in [0.15, 0.2) is 5.13 Å². The Labute approximate surface area is 111 Å². The third kappa shape index (κ3) is 2.99. The maximum atomic E-state index is 5.76. The second-order valence-electron chi connectivity index (χ2n) is 4.04. The van der Waals surface area contributed by atoms with Crippen LogP contribution in [0.25, 0.3) is 0 Å². The Morgan fingerprint density at radius 2 is 2.12 bits per heavy atom. The normalized spacial score (nSPS) is 10.5. The molecule has 17 heavy (non-hydrogen) atoms. The molecule has 1 heterocycles. The van der Waals surface area contributed by atoms with Crippen molar-refractivity contribution in [3.8, 4) is 0 Å². The predicted octanol–water partition coefficient (Wildman–Crippen LogP) is 3.83. The van der Waals surface area contributed by atoms with E-state index in [1.165, 1.54) is 11.1 Å². The number of nitrogens with zero attached hydrogens (tertiary/aromatic N) is 2. The van der Waals surface area contributed by atoms with Crippen molar-refractivity contribution in [2.24, 2.45) is 0 Å². The molecule has 0 spiro atoms. The Morgan fingerprint density at radius 3 is 2.76 bits per heavy atom. The summed E-state index contributed by atoms with van der Waals surface area (Å²) in [5, 5.41) is 3.03. The van der Waals surface area contributed by atoms with E-state index in [0.29, 0.717) is 5.88 Å². The van der Waals surface area contributed by atoms with Crippen molar-refractivity contribution >= 4 is 28.1 Å². The van der Waals surface area contributed by atoms with E-state index in [1.54, 1.807) is 11.3 Å². The van der Waals surface area contributed by atoms with Crippen molar-refractivity contribution in [3.63, 3.8) is 0 Å². The standard InChI is InChI=1S/C13H15ClN2S/c1-10-5-3-4-6-11(10)8-16(2)13-15-12(7-14)9-17-13/h3-6,9H,7-8H2,1-2H3. The molecule has 0 atom stereocenters. The monoisotopic (exact) mass is 266 g/mol. The van der Waals surface area contributed by atoms with Crippen molar-refractivity contribution in [1.82, 2.24) is 4.98 Å². The van der Waals surface area contributed by atoms with Crippen molar-refractivity contribution in [2.45, 2.75) is 19.3 Å². The van der Waals surface area contributed by atoms with Crippen LogP contribution in [0.15, 0.2) is 29.6 Å². The highest BCUT2D eigenvalue weighted by atomic mass is 35.5. The molecule has 2 rings (SSSR count). The molecule has 1 aromatic carbocycles. The van der Waals surface area contributed by atoms with E-state index in [1.807, 2.05) is 5.38 Å². The molecule has 0 bridgehead atoms. The number of hydrogen-bond donors (Lipinski definition) is 0. The minimum absolute atomic E-state index is 0.481. The summed E-state index contributed by atoms with van der Waals surface area (Å²) in [4.78, 5) is 6.62. The lowest BCUT2D eigenvalue weighted by molar-refractivity contribution is 0.902. The van der Waals surface area contributed by atoms with E-state index >= 15 is 0 Å². The van der Waals surface area contributed by atoms with Crippen LogP contribution < -0.4 is 4.90 Å². The van der Waals surface area contributed by atoms with Gasteiger partial charge in [-0.2, -0.15) is 0 Å². The second-order valence-corrected chi connectivity index (χ2v) is 5.14. The highest BCUT2D eigenvalue weighted by molar-refractivity contribution is 7.13. The van der Waals surface area contributed by atoms with Gasteiger partial charge in [-0.25, -0.2) is 4.98 Å². The molecule has 1 aromatic heterocycles. The first kappa shape index (κ1) is 12.4. The number of aromatic nitrogens is 1. The number of thiazole rings is 1. The first-order chi connectivity index (χ1) is 8.20. The summed E-state index contributed by atoms with van der Waals surface area (Å²) >= 11 is 7.39. The molecule has 0 saturated carbocycles. The largest absolute Gasteiger partial charge is 0.347 e. The predicted molar refractivity (Wildman–Crippen MR) is 75.0 cm³/mol. The minimum Gasteiger partial charge on any atom is -0.347 e. The van der Waals surface area contributed by atoms with E-state index in [0.717, 1.165) is 17.4 Å². The van der Waals surface area contributed by atoms with Gasteiger partial charge < -0.3 is 4.90 Å². The number of rotatable bonds is 4. The van der Waals surface area contributed by atoms with E-state index in [2.05, 4.69) is 48.1 Å². The average molecular weight is 267 g/mol. The van der Waals surface area contributed by atoms with E-state index in [-0.39, 0.29) is 0 Å². The fraction of sp³-hybridized carbons (Fsp3) is 0.308. The SMILES string of the molecule is Cc1ccccc1CN(C)c1nc(CCl)cs1. The molecule has 90 valence electrons. The summed E-state index contributed by atoms with van der Waals surface area (Å²) in [5.41, 5.74) is 3.59. The molecule has 4 heteroatoms. The van der Waals surface area contributed by atoms with Gasteiger partial charge in [0.25, 0.3) is 0 Å². The molecular weight excluding hydrogens is 252 g/mol. The molecule has 0 aliphatic rings. The lowest BCUT2D eigenvalue weighted by Crippen LogP contribution is -2.16. The topological polar surface area (TPSA) is 16.1 Å². The molecule has 2 nitrogen and oxygen atoms in total. The Kier molecular flexibility index (Phi) is 4.02. The first-order valence-electron chi connectivity index (χ1n) is 5.46. The minimum atomic E-state index is 0.481. The van der Waals surface area contributed by atoms with Crippen LogP contribution in [0.5, 0.6) is 0 Å². The van der Waals surface area contributed by atoms with Crippen LogP contribution in [0, 0.1) is 6.92 Å². The Morgan fingerprint density at radius 1 is 1.35 bits per heavy atom. The summed E-state index contributed by atoms with van der Waals surface area (Å²) in [7, 11) is 2.06. The van der Waals surface area contributed by atoms with Crippen LogP contribution in [0.1, 0.15) is 16.8 Å². The molecule has 0 aliphatic heterocycles. The number of hydrogen-bond acceptors (Lipinski definition) is 3. The van der Waals surface area contributed by atoms with Crippen molar-refractivity contribution in [3.05, 3.63) is 46.5 Å². The van der Waals surface area contributed by atoms with E-state index in [9.17, 15) is 0 Å². The number of aryl methyl sites for hydroxylation is 1. The molecule has 0 aliphatic carbocycles. The van der Waals surface area contributed by atoms with Gasteiger partial charge in [0, 0.05) is 19.0 Å². The fourth-order valence-corrected chi connectivity index (χ4v) is 2.66. The Hall–Kier alpha value is -1.06. The lowest BCUT2D eigenvalue weighted by Gasteiger charge is -2.17. The van der Waals surface area contributed by atoms with Gasteiger partial charge in [0.05, 0.1) is 11.6 Å². The second kappa shape index (κ2) is 5.52. The van der Waals surface area contributed by atoms with Crippen LogP contribution in [-0.4, -0.2) is 12.0 Å². The van der Waals surface area contributed by atoms with Gasteiger partial charge in [0.2, 0.25) is 0 Å². The molecule has 0 unspecified atom stereocenters. The Balaban J connectivity index is 2.11. The third-order valence-electron chi connectivity index (χ3n) is 2.67. The lowest BCUT2D eigenvalue weighted by atomic mass is 10.1. The van der Waals surface area contributed by atoms with E-state index in [4.69, 9.17) is 11.6 Å². The molecular formula is C13H15ClN2S. The maximum absolute atomic E-state index is 5.76. The average Bonchev–Trinajstić information content (AvgIpc) is 2.81. The smallest absolute Gasteiger partial charge is 0.185 e. The van der Waals surface area contributed by atoms with Gasteiger partial charge >= 0.3 is 0 Å². The summed E-state index contributed by atoms with van der Waals surface area (Å²) in [6.45, 7) is 3.01. The van der Waals surface area contributed by atoms with Crippen LogP contribution in [0.3, 0.4) is 0 Å². The zero-order chi connectivity index (χ0) is 12.3. The summed E-state index contributed by atoms with van der Waals surface area (Å²) in [6.07, 6.45) is 0. The van der Waals surface area contributed by atoms with Gasteiger partial charge in [-0.15, -0.1) is 22.9 Å². The Bertz CT molecular complexity index is 496. The molecule has 0 radical (unpaired) electrons. The van der Waals surface area contributed by atoms with Crippen LogP contribution >= 0.6 is 22.9 Å². The number of alkyl halides is 1. The van der Waals surface area contributed by atoms with Crippen LogP contribution in [0.4, 0.5) is 5.13 Å². The van der Waals surface area contributed by atoms with Crippen molar-refractivity contribution < 1.29 is 0 Å².